The Morgan fingerprint density at radius 3 is 1.30 bits per heavy atom. The molecule has 3 unspecified atom stereocenters. The number of carbonyl (C=O) groups excluding carboxylic acids is 8. The second kappa shape index (κ2) is 23.9. The number of ether oxygens (including phenoxy) is 7. The molecule has 2 saturated heterocycles. The molecule has 6 fully saturated rings. The van der Waals surface area contributed by atoms with Crippen LogP contribution >= 0.6 is 11.6 Å². The number of rotatable bonds is 9. The Kier molecular flexibility index (Phi) is 18.5. The van der Waals surface area contributed by atoms with Crippen molar-refractivity contribution in [3.63, 3.8) is 0 Å². The molecular formula is C66H85ClO20. The van der Waals surface area contributed by atoms with Gasteiger partial charge in [0.05, 0.1) is 65.3 Å². The lowest BCUT2D eigenvalue weighted by Crippen LogP contribution is -2.81. The van der Waals surface area contributed by atoms with Gasteiger partial charge in [-0.1, -0.05) is 91.8 Å². The van der Waals surface area contributed by atoms with Crippen LogP contribution in [0.15, 0.2) is 83.0 Å². The predicted molar refractivity (Wildman–Crippen MR) is 312 cm³/mol. The molecule has 476 valence electrons. The summed E-state index contributed by atoms with van der Waals surface area (Å²) in [4.78, 5) is 104. The van der Waals surface area contributed by atoms with E-state index in [4.69, 9.17) is 44.8 Å². The van der Waals surface area contributed by atoms with Gasteiger partial charge in [-0.05, 0) is 85.9 Å². The van der Waals surface area contributed by atoms with Crippen LogP contribution < -0.4 is 0 Å². The molecule has 0 spiro atoms. The minimum absolute atomic E-state index is 0.0283. The van der Waals surface area contributed by atoms with Gasteiger partial charge in [-0.3, -0.25) is 28.8 Å². The summed E-state index contributed by atoms with van der Waals surface area (Å²) in [5.74, 6) is -7.96. The summed E-state index contributed by atoms with van der Waals surface area (Å²) in [6.45, 7) is 22.9. The highest BCUT2D eigenvalue weighted by Crippen LogP contribution is 2.67. The van der Waals surface area contributed by atoms with Crippen LogP contribution in [-0.4, -0.2) is 157 Å². The Hall–Kier alpha value is -5.71. The highest BCUT2D eigenvalue weighted by atomic mass is 35.5. The topological polar surface area (TPSA) is 302 Å². The molecular weight excluding hydrogens is 1150 g/mol. The summed E-state index contributed by atoms with van der Waals surface area (Å²) in [5.41, 5.74) is -9.64. The molecule has 5 N–H and O–H groups in total. The summed E-state index contributed by atoms with van der Waals surface area (Å²) in [5, 5.41) is 59.5. The molecule has 18 atom stereocenters. The maximum atomic E-state index is 15.0. The third-order valence-corrected chi connectivity index (χ3v) is 21.6. The average Bonchev–Trinajstić information content (AvgIpc) is 0.683. The van der Waals surface area contributed by atoms with Crippen LogP contribution in [0.3, 0.4) is 0 Å². The van der Waals surface area contributed by atoms with E-state index in [-0.39, 0.29) is 73.3 Å². The third-order valence-electron chi connectivity index (χ3n) is 21.3. The number of aliphatic hydroxyl groups is 5. The van der Waals surface area contributed by atoms with Gasteiger partial charge in [0, 0.05) is 75.0 Å². The highest BCUT2D eigenvalue weighted by molar-refractivity contribution is 6.63. The molecule has 2 aliphatic heterocycles. The largest absolute Gasteiger partial charge is 0.461 e. The zero-order valence-electron chi connectivity index (χ0n) is 52.1. The lowest BCUT2D eigenvalue weighted by atomic mass is 9.43. The van der Waals surface area contributed by atoms with Crippen molar-refractivity contribution in [2.75, 3.05) is 13.2 Å². The second-order valence-electron chi connectivity index (χ2n) is 26.5. The van der Waals surface area contributed by atoms with E-state index in [1.165, 1.54) is 13.8 Å². The number of Topliss-reactive ketones (excluding diaryl/α,β-unsaturated/α-hetero) is 2. The average molecular weight is 1230 g/mol. The zero-order chi connectivity index (χ0) is 64.7. The summed E-state index contributed by atoms with van der Waals surface area (Å²) >= 11 is 4.82. The number of esters is 5. The number of halogens is 1. The molecule has 8 aliphatic rings. The van der Waals surface area contributed by atoms with E-state index in [1.54, 1.807) is 144 Å². The molecule has 0 amide bonds. The highest BCUT2D eigenvalue weighted by Gasteiger charge is 2.80. The van der Waals surface area contributed by atoms with Crippen LogP contribution in [-0.2, 0) is 61.9 Å². The summed E-state index contributed by atoms with van der Waals surface area (Å²) in [6, 6.07) is 16.5. The molecule has 20 nitrogen and oxygen atoms in total. The van der Waals surface area contributed by atoms with E-state index in [0.29, 0.717) is 28.7 Å². The van der Waals surface area contributed by atoms with Gasteiger partial charge in [0.1, 0.15) is 53.3 Å². The zero-order valence-corrected chi connectivity index (χ0v) is 52.9. The van der Waals surface area contributed by atoms with Crippen molar-refractivity contribution in [2.45, 2.75) is 207 Å². The fourth-order valence-electron chi connectivity index (χ4n) is 16.7. The minimum Gasteiger partial charge on any atom is -0.461 e. The SMILES string of the molecule is CC(=O)O[C@@]12CO[C@@H]1C[C@H](O)[C@@]1(C)C(=O)[C@H](C)C3=C(C)[C@@H](O)C[C@@](O)([C@@H](OC(=O)c4ccccc4)C12)C3(C)C.CCC(=O)Cl.CCC(=O)OC1C[C@H]2OC[C@@]2(OC(C)=O)C2[C@H](OC(=O)c3ccccc3)[C@]3(O)C[C@H](O)C(C)=C([C@@H](C)C(=O)[C@]12C)C3(C)C. The van der Waals surface area contributed by atoms with Crippen molar-refractivity contribution in [2.24, 2.45) is 45.3 Å². The molecule has 0 radical (unpaired) electrons. The normalized spacial score (nSPS) is 39.2. The van der Waals surface area contributed by atoms with E-state index in [1.807, 2.05) is 0 Å². The molecule has 2 heterocycles. The van der Waals surface area contributed by atoms with Gasteiger partial charge in [-0.2, -0.15) is 0 Å². The Balaban J connectivity index is 0.000000210. The second-order valence-corrected chi connectivity index (χ2v) is 27.0. The van der Waals surface area contributed by atoms with Crippen LogP contribution in [0.25, 0.3) is 0 Å². The van der Waals surface area contributed by atoms with E-state index >= 15 is 0 Å². The van der Waals surface area contributed by atoms with Gasteiger partial charge in [0.15, 0.2) is 11.2 Å². The maximum absolute atomic E-state index is 15.0. The predicted octanol–water partition coefficient (Wildman–Crippen LogP) is 6.84. The smallest absolute Gasteiger partial charge is 0.338 e. The Labute approximate surface area is 512 Å². The van der Waals surface area contributed by atoms with Gasteiger partial charge in [-0.25, -0.2) is 9.59 Å². The van der Waals surface area contributed by atoms with E-state index in [0.717, 1.165) is 0 Å². The van der Waals surface area contributed by atoms with Crippen molar-refractivity contribution in [3.05, 3.63) is 94.1 Å². The fourth-order valence-corrected chi connectivity index (χ4v) is 16.7. The summed E-state index contributed by atoms with van der Waals surface area (Å²) in [7, 11) is 0. The van der Waals surface area contributed by atoms with Crippen molar-refractivity contribution >= 4 is 58.3 Å². The van der Waals surface area contributed by atoms with Crippen LogP contribution in [0.5, 0.6) is 0 Å². The Morgan fingerprint density at radius 1 is 0.586 bits per heavy atom. The van der Waals surface area contributed by atoms with Crippen molar-refractivity contribution < 1.29 is 97.0 Å². The van der Waals surface area contributed by atoms with Crippen LogP contribution in [0, 0.1) is 45.3 Å². The van der Waals surface area contributed by atoms with Gasteiger partial charge in [0.25, 0.3) is 0 Å². The van der Waals surface area contributed by atoms with Gasteiger partial charge < -0.3 is 58.7 Å². The Bertz CT molecular complexity index is 3140. The standard InChI is InChI=1S/C33H42O10.C30H38O9.C3H5ClO/c1-8-24(36)41-22-14-23-32(16-40-23,43-19(4)34)26-28(42-29(38)20-12-10-9-11-13-20)33(39)15-21(35)17(2)25(30(33,5)6)18(3)27(37)31(22,26)7;1-15-19(32)13-30(36)25(38-26(35)18-10-8-7-9-11-18)23-28(6,24(34)16(2)22(15)27(30,4)5)20(33)12-21-29(23,14-37-21)39-17(3)31;1-2-3(4)5/h9-13,18,21-23,26,28,35,39H,8,14-16H2,1-7H3;7-11,16,19-21,23,25,32-33,36H,12-14H2,1-6H3;2H2,1H3/t18-,21+,22?,23-,26?,28+,31-,32+,33-;16-,19+,20+,21-,23?,25+,28-,29+,30-;/m11./s1. The summed E-state index contributed by atoms with van der Waals surface area (Å²) < 4.78 is 42.2. The molecule has 0 aromatic heterocycles. The van der Waals surface area contributed by atoms with Crippen LogP contribution in [0.4, 0.5) is 0 Å². The van der Waals surface area contributed by atoms with Crippen molar-refractivity contribution in [1.82, 2.24) is 0 Å². The van der Waals surface area contributed by atoms with E-state index in [2.05, 4.69) is 0 Å². The minimum atomic E-state index is -1.95. The monoisotopic (exact) mass is 1230 g/mol. The molecule has 10 rings (SSSR count). The number of ketones is 2. The Morgan fingerprint density at radius 2 is 0.954 bits per heavy atom. The molecule has 87 heavy (non-hydrogen) atoms. The van der Waals surface area contributed by atoms with E-state index in [9.17, 15) is 63.9 Å². The first-order chi connectivity index (χ1) is 40.5. The first kappa shape index (κ1) is 67.2. The molecule has 4 bridgehead atoms. The lowest BCUT2D eigenvalue weighted by Gasteiger charge is -2.67. The van der Waals surface area contributed by atoms with Crippen LogP contribution in [0.2, 0.25) is 0 Å². The van der Waals surface area contributed by atoms with Gasteiger partial charge in [-0.15, -0.1) is 0 Å². The first-order valence-corrected chi connectivity index (χ1v) is 30.4. The number of hydrogen-bond acceptors (Lipinski definition) is 20. The molecule has 2 aromatic carbocycles. The fraction of sp³-hybridized carbons (Fsp3) is 0.636. The van der Waals surface area contributed by atoms with Crippen molar-refractivity contribution in [3.8, 4) is 0 Å². The third kappa shape index (κ3) is 10.5. The quantitative estimate of drug-likeness (QED) is 0.0743. The molecule has 6 aliphatic carbocycles. The van der Waals surface area contributed by atoms with E-state index < -0.39 is 146 Å². The lowest BCUT2D eigenvalue weighted by molar-refractivity contribution is -0.346. The number of hydrogen-bond donors (Lipinski definition) is 5. The number of benzene rings is 2. The number of fused-ring (bicyclic) bond motifs is 10. The van der Waals surface area contributed by atoms with Gasteiger partial charge >= 0.3 is 29.8 Å². The van der Waals surface area contributed by atoms with Gasteiger partial charge in [0.2, 0.25) is 5.24 Å². The maximum Gasteiger partial charge on any atom is 0.338 e. The number of carbonyl (C=O) groups is 8. The summed E-state index contributed by atoms with van der Waals surface area (Å²) in [6.07, 6.45) is -8.87. The number of aliphatic hydroxyl groups excluding tert-OH is 3. The molecule has 4 saturated carbocycles. The first-order valence-electron chi connectivity index (χ1n) is 30.0. The molecule has 21 heteroatoms. The van der Waals surface area contributed by atoms with Crippen LogP contribution in [0.1, 0.15) is 156 Å². The van der Waals surface area contributed by atoms with Crippen molar-refractivity contribution in [1.29, 1.82) is 0 Å². The molecule has 2 aromatic rings.